The summed E-state index contributed by atoms with van der Waals surface area (Å²) in [6.45, 7) is 4.13. The first-order chi connectivity index (χ1) is 12.1. The van der Waals surface area contributed by atoms with Gasteiger partial charge in [-0.3, -0.25) is 4.79 Å². The molecule has 3 rings (SSSR count). The van der Waals surface area contributed by atoms with Crippen molar-refractivity contribution >= 4 is 5.91 Å². The van der Waals surface area contributed by atoms with Crippen molar-refractivity contribution in [2.24, 2.45) is 17.1 Å². The molecule has 0 aromatic heterocycles. The van der Waals surface area contributed by atoms with Crippen molar-refractivity contribution in [3.8, 4) is 5.75 Å². The van der Waals surface area contributed by atoms with E-state index in [-0.39, 0.29) is 5.41 Å². The molecule has 2 aliphatic rings. The Morgan fingerprint density at radius 2 is 2.08 bits per heavy atom. The largest absolute Gasteiger partial charge is 0.494 e. The molecule has 1 aromatic rings. The molecule has 5 nitrogen and oxygen atoms in total. The van der Waals surface area contributed by atoms with Gasteiger partial charge in [-0.15, -0.1) is 0 Å². The van der Waals surface area contributed by atoms with Gasteiger partial charge in [-0.1, -0.05) is 12.8 Å². The number of nitrogens with two attached hydrogens (primary N) is 1. The van der Waals surface area contributed by atoms with E-state index in [1.165, 1.54) is 32.1 Å². The summed E-state index contributed by atoms with van der Waals surface area (Å²) in [5.41, 5.74) is 5.86. The van der Waals surface area contributed by atoms with Crippen molar-refractivity contribution in [1.82, 2.24) is 4.90 Å². The van der Waals surface area contributed by atoms with Gasteiger partial charge >= 0.3 is 0 Å². The highest BCUT2D eigenvalue weighted by Crippen LogP contribution is 2.44. The van der Waals surface area contributed by atoms with Gasteiger partial charge in [0.1, 0.15) is 5.75 Å². The van der Waals surface area contributed by atoms with Gasteiger partial charge in [0.15, 0.2) is 0 Å². The van der Waals surface area contributed by atoms with Crippen molar-refractivity contribution < 1.29 is 14.6 Å². The fourth-order valence-electron chi connectivity index (χ4n) is 3.99. The first-order valence-electron chi connectivity index (χ1n) is 9.46. The molecule has 0 unspecified atom stereocenters. The number of amides is 1. The van der Waals surface area contributed by atoms with Crippen LogP contribution in [-0.2, 0) is 0 Å². The van der Waals surface area contributed by atoms with Crippen LogP contribution in [0.15, 0.2) is 24.3 Å². The maximum Gasteiger partial charge on any atom is 0.248 e. The van der Waals surface area contributed by atoms with E-state index in [0.717, 1.165) is 37.7 Å². The van der Waals surface area contributed by atoms with Crippen LogP contribution in [0.25, 0.3) is 0 Å². The average Bonchev–Trinajstić information content (AvgIpc) is 3.43. The Morgan fingerprint density at radius 3 is 2.72 bits per heavy atom. The SMILES string of the molecule is NC(=O)c1ccc(OCCCN2CCC[C@](CO)(CC3CC3)C2)cc1. The van der Waals surface area contributed by atoms with Gasteiger partial charge in [-0.2, -0.15) is 0 Å². The van der Waals surface area contributed by atoms with Crippen molar-refractivity contribution in [2.75, 3.05) is 32.8 Å². The van der Waals surface area contributed by atoms with E-state index in [9.17, 15) is 9.90 Å². The molecule has 1 aliphatic carbocycles. The standard InChI is InChI=1S/C20H30N2O3/c21-19(24)17-5-7-18(8-6-17)25-12-2-11-22-10-1-9-20(14-22,15-23)13-16-3-4-16/h5-8,16,23H,1-4,9-15H2,(H2,21,24)/t20-/m0/s1. The monoisotopic (exact) mass is 346 g/mol. The van der Waals surface area contributed by atoms with Crippen LogP contribution in [0.2, 0.25) is 0 Å². The van der Waals surface area contributed by atoms with Gasteiger partial charge in [0.25, 0.3) is 0 Å². The molecule has 5 heteroatoms. The molecule has 1 aliphatic heterocycles. The van der Waals surface area contributed by atoms with E-state index in [1.807, 2.05) is 0 Å². The zero-order chi connectivity index (χ0) is 17.7. The molecule has 1 saturated carbocycles. The zero-order valence-corrected chi connectivity index (χ0v) is 15.0. The van der Waals surface area contributed by atoms with Crippen LogP contribution in [0.4, 0.5) is 0 Å². The quantitative estimate of drug-likeness (QED) is 0.673. The number of aliphatic hydroxyl groups is 1. The molecule has 0 bridgehead atoms. The number of benzene rings is 1. The highest BCUT2D eigenvalue weighted by molar-refractivity contribution is 5.92. The highest BCUT2D eigenvalue weighted by atomic mass is 16.5. The minimum Gasteiger partial charge on any atom is -0.494 e. The lowest BCUT2D eigenvalue weighted by molar-refractivity contribution is 0.0197. The maximum absolute atomic E-state index is 11.1. The topological polar surface area (TPSA) is 75.8 Å². The third kappa shape index (κ3) is 5.19. The van der Waals surface area contributed by atoms with Gasteiger partial charge < -0.3 is 20.5 Å². The molecule has 1 atom stereocenters. The third-order valence-corrected chi connectivity index (χ3v) is 5.52. The average molecular weight is 346 g/mol. The Balaban J connectivity index is 1.40. The van der Waals surface area contributed by atoms with Crippen LogP contribution < -0.4 is 10.5 Å². The van der Waals surface area contributed by atoms with Crippen LogP contribution in [-0.4, -0.2) is 48.8 Å². The summed E-state index contributed by atoms with van der Waals surface area (Å²) in [7, 11) is 0. The second-order valence-corrected chi connectivity index (χ2v) is 7.78. The van der Waals surface area contributed by atoms with Gasteiger partial charge in [-0.05, 0) is 62.4 Å². The molecule has 1 heterocycles. The smallest absolute Gasteiger partial charge is 0.248 e. The molecule has 1 aromatic carbocycles. The second-order valence-electron chi connectivity index (χ2n) is 7.78. The molecular weight excluding hydrogens is 316 g/mol. The lowest BCUT2D eigenvalue weighted by Crippen LogP contribution is -2.46. The number of rotatable bonds is 9. The van der Waals surface area contributed by atoms with Crippen molar-refractivity contribution in [3.05, 3.63) is 29.8 Å². The fourth-order valence-corrected chi connectivity index (χ4v) is 3.99. The molecule has 25 heavy (non-hydrogen) atoms. The highest BCUT2D eigenvalue weighted by Gasteiger charge is 2.39. The summed E-state index contributed by atoms with van der Waals surface area (Å²) in [4.78, 5) is 13.5. The van der Waals surface area contributed by atoms with E-state index in [1.54, 1.807) is 24.3 Å². The van der Waals surface area contributed by atoms with Gasteiger partial charge in [0.05, 0.1) is 6.61 Å². The summed E-state index contributed by atoms with van der Waals surface area (Å²) in [5.74, 6) is 1.20. The van der Waals surface area contributed by atoms with E-state index in [4.69, 9.17) is 10.5 Å². The first kappa shape index (κ1) is 18.2. The minimum absolute atomic E-state index is 0.130. The van der Waals surface area contributed by atoms with Crippen molar-refractivity contribution in [2.45, 2.75) is 38.5 Å². The van der Waals surface area contributed by atoms with E-state index in [2.05, 4.69) is 4.90 Å². The number of nitrogens with zero attached hydrogens (tertiary/aromatic N) is 1. The van der Waals surface area contributed by atoms with Gasteiger partial charge in [-0.25, -0.2) is 0 Å². The number of hydrogen-bond donors (Lipinski definition) is 2. The number of hydrogen-bond acceptors (Lipinski definition) is 4. The first-order valence-corrected chi connectivity index (χ1v) is 9.46. The Kier molecular flexibility index (Phi) is 5.97. The molecule has 3 N–H and O–H groups in total. The zero-order valence-electron chi connectivity index (χ0n) is 15.0. The van der Waals surface area contributed by atoms with E-state index >= 15 is 0 Å². The molecule has 1 saturated heterocycles. The predicted molar refractivity (Wildman–Crippen MR) is 97.6 cm³/mol. The molecular formula is C20H30N2O3. The number of aliphatic hydroxyl groups excluding tert-OH is 1. The molecule has 138 valence electrons. The number of piperidine rings is 1. The number of carbonyl (C=O) groups is 1. The lowest BCUT2D eigenvalue weighted by atomic mass is 9.76. The summed E-state index contributed by atoms with van der Waals surface area (Å²) < 4.78 is 5.76. The predicted octanol–water partition coefficient (Wildman–Crippen LogP) is 2.43. The van der Waals surface area contributed by atoms with E-state index in [0.29, 0.717) is 18.8 Å². The fraction of sp³-hybridized carbons (Fsp3) is 0.650. The van der Waals surface area contributed by atoms with Gasteiger partial charge in [0.2, 0.25) is 5.91 Å². The number of carbonyl (C=O) groups excluding carboxylic acids is 1. The maximum atomic E-state index is 11.1. The van der Waals surface area contributed by atoms with Crippen LogP contribution >= 0.6 is 0 Å². The van der Waals surface area contributed by atoms with Gasteiger partial charge in [0, 0.05) is 30.7 Å². The molecule has 0 spiro atoms. The van der Waals surface area contributed by atoms with Crippen molar-refractivity contribution in [1.29, 1.82) is 0 Å². The lowest BCUT2D eigenvalue weighted by Gasteiger charge is -2.42. The summed E-state index contributed by atoms with van der Waals surface area (Å²) in [6, 6.07) is 6.95. The Labute approximate surface area is 150 Å². The summed E-state index contributed by atoms with van der Waals surface area (Å²) in [5, 5.41) is 9.93. The third-order valence-electron chi connectivity index (χ3n) is 5.52. The molecule has 1 amide bonds. The Hall–Kier alpha value is -1.59. The number of ether oxygens (including phenoxy) is 1. The summed E-state index contributed by atoms with van der Waals surface area (Å²) >= 11 is 0. The second kappa shape index (κ2) is 8.19. The van der Waals surface area contributed by atoms with Crippen LogP contribution in [0.3, 0.4) is 0 Å². The van der Waals surface area contributed by atoms with Crippen LogP contribution in [0, 0.1) is 11.3 Å². The Morgan fingerprint density at radius 1 is 1.32 bits per heavy atom. The minimum atomic E-state index is -0.421. The number of likely N-dealkylation sites (tertiary alicyclic amines) is 1. The summed E-state index contributed by atoms with van der Waals surface area (Å²) in [6.07, 6.45) is 7.21. The van der Waals surface area contributed by atoms with E-state index < -0.39 is 5.91 Å². The Bertz CT molecular complexity index is 571. The van der Waals surface area contributed by atoms with Crippen molar-refractivity contribution in [3.63, 3.8) is 0 Å². The van der Waals surface area contributed by atoms with Crippen LogP contribution in [0.5, 0.6) is 5.75 Å². The normalized spacial score (nSPS) is 24.2. The molecule has 2 fully saturated rings. The molecule has 0 radical (unpaired) electrons. The number of primary amides is 1. The van der Waals surface area contributed by atoms with Crippen LogP contribution in [0.1, 0.15) is 48.9 Å².